The molecule has 0 saturated carbocycles. The average Bonchev–Trinajstić information content (AvgIpc) is 2.80. The number of allylic oxidation sites excluding steroid dienone is 1. The van der Waals surface area contributed by atoms with Crippen LogP contribution >= 0.6 is 0 Å². The lowest BCUT2D eigenvalue weighted by Gasteiger charge is -2.25. The molecule has 0 radical (unpaired) electrons. The average molecular weight is 276 g/mol. The molecule has 0 unspecified atom stereocenters. The summed E-state index contributed by atoms with van der Waals surface area (Å²) >= 11 is 0. The predicted octanol–water partition coefficient (Wildman–Crippen LogP) is 3.69. The van der Waals surface area contributed by atoms with Crippen molar-refractivity contribution in [2.24, 2.45) is 0 Å². The van der Waals surface area contributed by atoms with Gasteiger partial charge in [0.2, 0.25) is 0 Å². The highest BCUT2D eigenvalue weighted by atomic mass is 16.7. The first-order valence-electron chi connectivity index (χ1n) is 7.12. The maximum Gasteiger partial charge on any atom is 0.163 e. The summed E-state index contributed by atoms with van der Waals surface area (Å²) in [5.74, 6) is -0.521. The van der Waals surface area contributed by atoms with E-state index in [2.05, 4.69) is 25.1 Å². The van der Waals surface area contributed by atoms with Gasteiger partial charge in [0.15, 0.2) is 5.79 Å². The highest BCUT2D eigenvalue weighted by Gasteiger charge is 2.38. The number of hydrogen-bond donors (Lipinski definition) is 0. The third-order valence-electron chi connectivity index (χ3n) is 3.54. The molecule has 3 heteroatoms. The molecule has 1 aliphatic rings. The minimum Gasteiger partial charge on any atom is -0.366 e. The van der Waals surface area contributed by atoms with Crippen molar-refractivity contribution in [3.63, 3.8) is 0 Å². The molecule has 1 aromatic rings. The normalized spacial score (nSPS) is 23.8. The second kappa shape index (κ2) is 6.53. The Labute approximate surface area is 121 Å². The van der Waals surface area contributed by atoms with E-state index >= 15 is 0 Å². The smallest absolute Gasteiger partial charge is 0.163 e. The van der Waals surface area contributed by atoms with E-state index in [0.717, 1.165) is 0 Å². The fraction of sp³-hybridized carbons (Fsp3) is 0.529. The van der Waals surface area contributed by atoms with Crippen LogP contribution in [0.1, 0.15) is 33.3 Å². The molecule has 0 amide bonds. The molecule has 2 rings (SSSR count). The summed E-state index contributed by atoms with van der Waals surface area (Å²) < 4.78 is 17.7. The monoisotopic (exact) mass is 276 g/mol. The van der Waals surface area contributed by atoms with Crippen molar-refractivity contribution >= 4 is 0 Å². The van der Waals surface area contributed by atoms with Crippen LogP contribution in [0.25, 0.3) is 0 Å². The lowest BCUT2D eigenvalue weighted by Crippen LogP contribution is -2.33. The van der Waals surface area contributed by atoms with Crippen molar-refractivity contribution in [3.8, 4) is 0 Å². The van der Waals surface area contributed by atoms with Crippen molar-refractivity contribution in [1.29, 1.82) is 0 Å². The SMILES string of the molecule is C/C=C(\C)[C@H](OCc1ccccc1)[C@H]1COC(C)(C)O1. The van der Waals surface area contributed by atoms with Gasteiger partial charge in [0.25, 0.3) is 0 Å². The van der Waals surface area contributed by atoms with Crippen LogP contribution in [0, 0.1) is 0 Å². The molecule has 0 aliphatic carbocycles. The number of rotatable bonds is 5. The zero-order valence-corrected chi connectivity index (χ0v) is 12.8. The topological polar surface area (TPSA) is 27.7 Å². The van der Waals surface area contributed by atoms with E-state index in [4.69, 9.17) is 14.2 Å². The van der Waals surface area contributed by atoms with E-state index in [1.807, 2.05) is 39.0 Å². The molecule has 2 atom stereocenters. The maximum atomic E-state index is 6.08. The van der Waals surface area contributed by atoms with Crippen LogP contribution in [0.5, 0.6) is 0 Å². The molecule has 3 nitrogen and oxygen atoms in total. The molecule has 1 fully saturated rings. The van der Waals surface area contributed by atoms with E-state index in [0.29, 0.717) is 13.2 Å². The van der Waals surface area contributed by atoms with E-state index in [9.17, 15) is 0 Å². The Morgan fingerprint density at radius 1 is 1.40 bits per heavy atom. The molecule has 20 heavy (non-hydrogen) atoms. The summed E-state index contributed by atoms with van der Waals surface area (Å²) in [5.41, 5.74) is 2.34. The van der Waals surface area contributed by atoms with Gasteiger partial charge in [0.1, 0.15) is 12.2 Å². The standard InChI is InChI=1S/C17H24O3/c1-5-13(2)16(15-12-19-17(3,4)20-15)18-11-14-9-7-6-8-10-14/h5-10,15-16H,11-12H2,1-4H3/b13-5+/t15-,16+/m1/s1. The summed E-state index contributed by atoms with van der Waals surface area (Å²) in [7, 11) is 0. The van der Waals surface area contributed by atoms with Crippen LogP contribution in [0.3, 0.4) is 0 Å². The first-order valence-corrected chi connectivity index (χ1v) is 7.12. The Balaban J connectivity index is 2.02. The third-order valence-corrected chi connectivity index (χ3v) is 3.54. The molecule has 1 aliphatic heterocycles. The predicted molar refractivity (Wildman–Crippen MR) is 79.4 cm³/mol. The Bertz CT molecular complexity index is 451. The zero-order chi connectivity index (χ0) is 14.6. The maximum absolute atomic E-state index is 6.08. The van der Waals surface area contributed by atoms with Gasteiger partial charge in [-0.15, -0.1) is 0 Å². The van der Waals surface area contributed by atoms with Crippen molar-refractivity contribution in [3.05, 3.63) is 47.5 Å². The summed E-state index contributed by atoms with van der Waals surface area (Å²) in [6.07, 6.45) is 1.96. The van der Waals surface area contributed by atoms with Crippen molar-refractivity contribution in [1.82, 2.24) is 0 Å². The summed E-state index contributed by atoms with van der Waals surface area (Å²) in [5, 5.41) is 0. The molecule has 0 spiro atoms. The summed E-state index contributed by atoms with van der Waals surface area (Å²) in [6.45, 7) is 9.12. The second-order valence-electron chi connectivity index (χ2n) is 5.62. The van der Waals surface area contributed by atoms with Crippen molar-refractivity contribution < 1.29 is 14.2 Å². The van der Waals surface area contributed by atoms with E-state index in [1.54, 1.807) is 0 Å². The van der Waals surface area contributed by atoms with Crippen LogP contribution in [0.15, 0.2) is 42.0 Å². The minimum atomic E-state index is -0.521. The minimum absolute atomic E-state index is 0.0510. The van der Waals surface area contributed by atoms with Gasteiger partial charge in [-0.2, -0.15) is 0 Å². The molecular formula is C17H24O3. The van der Waals surface area contributed by atoms with Gasteiger partial charge in [0.05, 0.1) is 13.2 Å². The van der Waals surface area contributed by atoms with Gasteiger partial charge in [0, 0.05) is 0 Å². The van der Waals surface area contributed by atoms with Crippen molar-refractivity contribution in [2.75, 3.05) is 6.61 Å². The van der Waals surface area contributed by atoms with Gasteiger partial charge in [-0.25, -0.2) is 0 Å². The van der Waals surface area contributed by atoms with Gasteiger partial charge in [-0.1, -0.05) is 36.4 Å². The van der Waals surface area contributed by atoms with Crippen LogP contribution in [-0.4, -0.2) is 24.6 Å². The van der Waals surface area contributed by atoms with Gasteiger partial charge in [-0.05, 0) is 38.8 Å². The van der Waals surface area contributed by atoms with E-state index in [-0.39, 0.29) is 12.2 Å². The molecule has 1 saturated heterocycles. The fourth-order valence-corrected chi connectivity index (χ4v) is 2.32. The van der Waals surface area contributed by atoms with Gasteiger partial charge < -0.3 is 14.2 Å². The first kappa shape index (κ1) is 15.2. The molecule has 0 aromatic heterocycles. The lowest BCUT2D eigenvalue weighted by atomic mass is 10.1. The third kappa shape index (κ3) is 3.92. The van der Waals surface area contributed by atoms with Crippen LogP contribution in [0.4, 0.5) is 0 Å². The van der Waals surface area contributed by atoms with E-state index in [1.165, 1.54) is 11.1 Å². The van der Waals surface area contributed by atoms with Crippen LogP contribution in [-0.2, 0) is 20.8 Å². The van der Waals surface area contributed by atoms with Crippen molar-refractivity contribution in [2.45, 2.75) is 52.3 Å². The number of hydrogen-bond acceptors (Lipinski definition) is 3. The Morgan fingerprint density at radius 3 is 2.65 bits per heavy atom. The molecule has 0 bridgehead atoms. The molecule has 0 N–H and O–H groups in total. The summed E-state index contributed by atoms with van der Waals surface area (Å²) in [4.78, 5) is 0. The van der Waals surface area contributed by atoms with E-state index < -0.39 is 5.79 Å². The Hall–Kier alpha value is -1.16. The van der Waals surface area contributed by atoms with Crippen LogP contribution < -0.4 is 0 Å². The summed E-state index contributed by atoms with van der Waals surface area (Å²) in [6, 6.07) is 10.2. The molecule has 1 heterocycles. The zero-order valence-electron chi connectivity index (χ0n) is 12.8. The lowest BCUT2D eigenvalue weighted by molar-refractivity contribution is -0.153. The highest BCUT2D eigenvalue weighted by molar-refractivity contribution is 5.14. The highest BCUT2D eigenvalue weighted by Crippen LogP contribution is 2.28. The molecular weight excluding hydrogens is 252 g/mol. The van der Waals surface area contributed by atoms with Crippen LogP contribution in [0.2, 0.25) is 0 Å². The fourth-order valence-electron chi connectivity index (χ4n) is 2.32. The first-order chi connectivity index (χ1) is 9.52. The number of benzene rings is 1. The van der Waals surface area contributed by atoms with Gasteiger partial charge in [-0.3, -0.25) is 0 Å². The second-order valence-corrected chi connectivity index (χ2v) is 5.62. The molecule has 110 valence electrons. The van der Waals surface area contributed by atoms with Gasteiger partial charge >= 0.3 is 0 Å². The Morgan fingerprint density at radius 2 is 2.10 bits per heavy atom. The largest absolute Gasteiger partial charge is 0.366 e. The Kier molecular flexibility index (Phi) is 4.97. The quantitative estimate of drug-likeness (QED) is 0.768. The number of ether oxygens (including phenoxy) is 3. The molecule has 1 aromatic carbocycles.